The van der Waals surface area contributed by atoms with E-state index in [0.29, 0.717) is 18.3 Å². The van der Waals surface area contributed by atoms with Crippen molar-refractivity contribution in [2.75, 3.05) is 31.1 Å². The van der Waals surface area contributed by atoms with E-state index in [1.807, 2.05) is 6.92 Å². The Morgan fingerprint density at radius 2 is 1.92 bits per heavy atom. The van der Waals surface area contributed by atoms with Crippen LogP contribution in [0.25, 0.3) is 10.2 Å². The average molecular weight is 344 g/mol. The molecular weight excluding hydrogens is 324 g/mol. The molecule has 0 spiro atoms. The van der Waals surface area contributed by atoms with E-state index in [0.717, 1.165) is 36.8 Å². The largest absolute Gasteiger partial charge is 0.353 e. The number of aryl methyl sites for hydroxylation is 3. The lowest BCUT2D eigenvalue weighted by molar-refractivity contribution is 0.215. The molecule has 7 nitrogen and oxygen atoms in total. The molecule has 0 amide bonds. The Kier molecular flexibility index (Phi) is 3.93. The molecule has 126 valence electrons. The summed E-state index contributed by atoms with van der Waals surface area (Å²) < 4.78 is 5.22. The first-order chi connectivity index (χ1) is 11.6. The fraction of sp³-hybridized carbons (Fsp3) is 0.500. The molecule has 8 heteroatoms. The molecule has 0 N–H and O–H groups in total. The van der Waals surface area contributed by atoms with Gasteiger partial charge in [-0.25, -0.2) is 9.97 Å². The SMILES string of the molecule is Cc1noc(CN2CCN(c3ncnc4sc(C)c(C)c34)CC2)n1. The van der Waals surface area contributed by atoms with Gasteiger partial charge in [0.15, 0.2) is 5.82 Å². The third-order valence-corrected chi connectivity index (χ3v) is 5.66. The molecule has 0 atom stereocenters. The zero-order valence-corrected chi connectivity index (χ0v) is 14.9. The third kappa shape index (κ3) is 2.76. The summed E-state index contributed by atoms with van der Waals surface area (Å²) in [7, 11) is 0. The summed E-state index contributed by atoms with van der Waals surface area (Å²) in [5.74, 6) is 2.44. The molecule has 3 aromatic rings. The van der Waals surface area contributed by atoms with Crippen molar-refractivity contribution in [3.63, 3.8) is 0 Å². The molecule has 1 aliphatic rings. The minimum absolute atomic E-state index is 0.690. The molecular formula is C16H20N6OS. The molecule has 1 saturated heterocycles. The second-order valence-corrected chi connectivity index (χ2v) is 7.36. The Morgan fingerprint density at radius 1 is 1.12 bits per heavy atom. The maximum atomic E-state index is 5.22. The van der Waals surface area contributed by atoms with Crippen LogP contribution in [-0.4, -0.2) is 51.2 Å². The maximum Gasteiger partial charge on any atom is 0.240 e. The van der Waals surface area contributed by atoms with Crippen LogP contribution in [0.2, 0.25) is 0 Å². The number of fused-ring (bicyclic) bond motifs is 1. The van der Waals surface area contributed by atoms with Gasteiger partial charge in [-0.05, 0) is 26.3 Å². The molecule has 0 bridgehead atoms. The zero-order chi connectivity index (χ0) is 16.7. The number of nitrogens with zero attached hydrogens (tertiary/aromatic N) is 6. The van der Waals surface area contributed by atoms with E-state index in [-0.39, 0.29) is 0 Å². The second kappa shape index (κ2) is 6.10. The molecule has 0 aromatic carbocycles. The minimum atomic E-state index is 0.690. The van der Waals surface area contributed by atoms with Crippen LogP contribution in [-0.2, 0) is 6.54 Å². The van der Waals surface area contributed by atoms with E-state index in [4.69, 9.17) is 4.52 Å². The van der Waals surface area contributed by atoms with E-state index in [2.05, 4.69) is 43.8 Å². The van der Waals surface area contributed by atoms with Gasteiger partial charge in [-0.3, -0.25) is 4.90 Å². The summed E-state index contributed by atoms with van der Waals surface area (Å²) in [5.41, 5.74) is 1.30. The van der Waals surface area contributed by atoms with Crippen LogP contribution in [0.15, 0.2) is 10.9 Å². The summed E-state index contributed by atoms with van der Waals surface area (Å²) >= 11 is 1.75. The molecule has 4 rings (SSSR count). The van der Waals surface area contributed by atoms with Gasteiger partial charge in [0, 0.05) is 31.1 Å². The van der Waals surface area contributed by atoms with Gasteiger partial charge in [-0.15, -0.1) is 11.3 Å². The van der Waals surface area contributed by atoms with E-state index in [1.165, 1.54) is 15.8 Å². The topological polar surface area (TPSA) is 71.2 Å². The van der Waals surface area contributed by atoms with Crippen LogP contribution < -0.4 is 4.90 Å². The molecule has 1 fully saturated rings. The Balaban J connectivity index is 1.50. The number of hydrogen-bond acceptors (Lipinski definition) is 8. The van der Waals surface area contributed by atoms with E-state index in [9.17, 15) is 0 Å². The summed E-state index contributed by atoms with van der Waals surface area (Å²) in [6, 6.07) is 0. The fourth-order valence-electron chi connectivity index (χ4n) is 3.12. The number of anilines is 1. The highest BCUT2D eigenvalue weighted by Gasteiger charge is 2.23. The van der Waals surface area contributed by atoms with Gasteiger partial charge in [0.1, 0.15) is 17.0 Å². The molecule has 0 aliphatic carbocycles. The van der Waals surface area contributed by atoms with Gasteiger partial charge in [-0.2, -0.15) is 4.98 Å². The van der Waals surface area contributed by atoms with Crippen LogP contribution in [0.4, 0.5) is 5.82 Å². The van der Waals surface area contributed by atoms with Crippen LogP contribution in [0.1, 0.15) is 22.2 Å². The summed E-state index contributed by atoms with van der Waals surface area (Å²) in [4.78, 5) is 20.4. The van der Waals surface area contributed by atoms with Crippen LogP contribution >= 0.6 is 11.3 Å². The molecule has 0 saturated carbocycles. The number of hydrogen-bond donors (Lipinski definition) is 0. The summed E-state index contributed by atoms with van der Waals surface area (Å²) in [5, 5.41) is 5.06. The molecule has 24 heavy (non-hydrogen) atoms. The summed E-state index contributed by atoms with van der Waals surface area (Å²) in [6.07, 6.45) is 1.68. The smallest absolute Gasteiger partial charge is 0.240 e. The van der Waals surface area contributed by atoms with E-state index in [1.54, 1.807) is 17.7 Å². The Bertz CT molecular complexity index is 865. The first-order valence-electron chi connectivity index (χ1n) is 8.09. The van der Waals surface area contributed by atoms with Crippen LogP contribution in [0, 0.1) is 20.8 Å². The Labute approximate surface area is 144 Å². The highest BCUT2D eigenvalue weighted by atomic mass is 32.1. The lowest BCUT2D eigenvalue weighted by atomic mass is 10.2. The van der Waals surface area contributed by atoms with Crippen molar-refractivity contribution in [2.24, 2.45) is 0 Å². The molecule has 1 aliphatic heterocycles. The van der Waals surface area contributed by atoms with E-state index < -0.39 is 0 Å². The third-order valence-electron chi connectivity index (χ3n) is 4.55. The summed E-state index contributed by atoms with van der Waals surface area (Å²) in [6.45, 7) is 10.7. The first-order valence-corrected chi connectivity index (χ1v) is 8.90. The van der Waals surface area contributed by atoms with E-state index >= 15 is 0 Å². The van der Waals surface area contributed by atoms with Crippen molar-refractivity contribution in [3.8, 4) is 0 Å². The van der Waals surface area contributed by atoms with Crippen molar-refractivity contribution < 1.29 is 4.52 Å². The van der Waals surface area contributed by atoms with Crippen molar-refractivity contribution >= 4 is 27.4 Å². The van der Waals surface area contributed by atoms with Crippen LogP contribution in [0.3, 0.4) is 0 Å². The maximum absolute atomic E-state index is 5.22. The standard InChI is InChI=1S/C16H20N6OS/c1-10-11(2)24-16-14(10)15(17-9-18-16)22-6-4-21(5-7-22)8-13-19-12(3)20-23-13/h9H,4-8H2,1-3H3. The van der Waals surface area contributed by atoms with Crippen molar-refractivity contribution in [3.05, 3.63) is 28.5 Å². The van der Waals surface area contributed by atoms with Gasteiger partial charge >= 0.3 is 0 Å². The van der Waals surface area contributed by atoms with Crippen molar-refractivity contribution in [2.45, 2.75) is 27.3 Å². The monoisotopic (exact) mass is 344 g/mol. The highest BCUT2D eigenvalue weighted by molar-refractivity contribution is 7.18. The highest BCUT2D eigenvalue weighted by Crippen LogP contribution is 2.34. The minimum Gasteiger partial charge on any atom is -0.353 e. The zero-order valence-electron chi connectivity index (χ0n) is 14.1. The molecule has 3 aromatic heterocycles. The van der Waals surface area contributed by atoms with Gasteiger partial charge in [0.2, 0.25) is 5.89 Å². The van der Waals surface area contributed by atoms with Gasteiger partial charge in [-0.1, -0.05) is 5.16 Å². The van der Waals surface area contributed by atoms with Gasteiger partial charge < -0.3 is 9.42 Å². The molecule has 4 heterocycles. The molecule has 0 unspecified atom stereocenters. The lowest BCUT2D eigenvalue weighted by Gasteiger charge is -2.34. The molecule has 0 radical (unpaired) electrons. The Hall–Kier alpha value is -2.06. The number of thiophene rings is 1. The van der Waals surface area contributed by atoms with Gasteiger partial charge in [0.05, 0.1) is 11.9 Å². The van der Waals surface area contributed by atoms with Gasteiger partial charge in [0.25, 0.3) is 0 Å². The Morgan fingerprint density at radius 3 is 2.62 bits per heavy atom. The predicted octanol–water partition coefficient (Wildman–Crippen LogP) is 2.32. The second-order valence-electron chi connectivity index (χ2n) is 6.16. The average Bonchev–Trinajstić information content (AvgIpc) is 3.12. The number of piperazine rings is 1. The normalized spacial score (nSPS) is 16.2. The fourth-order valence-corrected chi connectivity index (χ4v) is 4.11. The quantitative estimate of drug-likeness (QED) is 0.722. The van der Waals surface area contributed by atoms with Crippen LogP contribution in [0.5, 0.6) is 0 Å². The predicted molar refractivity (Wildman–Crippen MR) is 93.4 cm³/mol. The van der Waals surface area contributed by atoms with Crippen molar-refractivity contribution in [1.82, 2.24) is 25.0 Å². The number of aromatic nitrogens is 4. The lowest BCUT2D eigenvalue weighted by Crippen LogP contribution is -2.46. The van der Waals surface area contributed by atoms with Crippen molar-refractivity contribution in [1.29, 1.82) is 0 Å². The number of rotatable bonds is 3. The first kappa shape index (κ1) is 15.5.